The topological polar surface area (TPSA) is 72.2 Å². The van der Waals surface area contributed by atoms with Crippen LogP contribution in [0.2, 0.25) is 0 Å². The van der Waals surface area contributed by atoms with Gasteiger partial charge in [-0.3, -0.25) is 0 Å². The third-order valence-corrected chi connectivity index (χ3v) is 5.66. The standard InChI is InChI=1S/C15H22N2O2S/c1-2-3-6-10-17-15(12-16)9-11-20(18,19)14-8-5-4-7-13(14)15/h2-5,7-8,17H,6,9-12,16H2,1H3/b3-2+. The zero-order valence-electron chi connectivity index (χ0n) is 11.8. The minimum absolute atomic E-state index is 0.151. The summed E-state index contributed by atoms with van der Waals surface area (Å²) in [5.41, 5.74) is 6.37. The summed E-state index contributed by atoms with van der Waals surface area (Å²) in [4.78, 5) is 0.426. The molecule has 0 radical (unpaired) electrons. The molecule has 0 fully saturated rings. The molecule has 4 nitrogen and oxygen atoms in total. The number of nitrogens with one attached hydrogen (secondary N) is 1. The van der Waals surface area contributed by atoms with Crippen LogP contribution in [-0.2, 0) is 15.4 Å². The molecular weight excluding hydrogens is 272 g/mol. The minimum Gasteiger partial charge on any atom is -0.328 e. The second-order valence-electron chi connectivity index (χ2n) is 5.14. The van der Waals surface area contributed by atoms with E-state index in [1.54, 1.807) is 12.1 Å². The van der Waals surface area contributed by atoms with E-state index < -0.39 is 15.4 Å². The monoisotopic (exact) mass is 294 g/mol. The summed E-state index contributed by atoms with van der Waals surface area (Å²) >= 11 is 0. The SMILES string of the molecule is C/C=C/CCNC1(CN)CCS(=O)(=O)c2ccccc21. The fourth-order valence-corrected chi connectivity index (χ4v) is 4.44. The maximum absolute atomic E-state index is 12.2. The van der Waals surface area contributed by atoms with Crippen LogP contribution in [0.3, 0.4) is 0 Å². The van der Waals surface area contributed by atoms with Gasteiger partial charge in [-0.1, -0.05) is 30.4 Å². The van der Waals surface area contributed by atoms with Crippen LogP contribution >= 0.6 is 0 Å². The van der Waals surface area contributed by atoms with Crippen LogP contribution in [0, 0.1) is 0 Å². The van der Waals surface area contributed by atoms with E-state index >= 15 is 0 Å². The smallest absolute Gasteiger partial charge is 0.178 e. The Morgan fingerprint density at radius 3 is 2.85 bits per heavy atom. The Bertz CT molecular complexity index is 596. The second kappa shape index (κ2) is 6.08. The quantitative estimate of drug-likeness (QED) is 0.639. The molecular formula is C15H22N2O2S. The van der Waals surface area contributed by atoms with Crippen LogP contribution in [0.25, 0.3) is 0 Å². The van der Waals surface area contributed by atoms with E-state index in [9.17, 15) is 8.42 Å². The summed E-state index contributed by atoms with van der Waals surface area (Å²) in [6.07, 6.45) is 5.53. The molecule has 1 atom stereocenters. The van der Waals surface area contributed by atoms with Crippen molar-refractivity contribution in [2.45, 2.75) is 30.2 Å². The summed E-state index contributed by atoms with van der Waals surface area (Å²) in [6.45, 7) is 3.17. The normalized spacial score (nSPS) is 24.7. The zero-order valence-corrected chi connectivity index (χ0v) is 12.6. The number of sulfone groups is 1. The van der Waals surface area contributed by atoms with Crippen molar-refractivity contribution in [3.63, 3.8) is 0 Å². The average molecular weight is 294 g/mol. The molecule has 0 aromatic heterocycles. The Labute approximate surface area is 121 Å². The fourth-order valence-electron chi connectivity index (χ4n) is 2.72. The molecule has 1 aromatic rings. The molecule has 1 aromatic carbocycles. The minimum atomic E-state index is -3.17. The van der Waals surface area contributed by atoms with Crippen LogP contribution in [0.4, 0.5) is 0 Å². The lowest BCUT2D eigenvalue weighted by molar-refractivity contribution is 0.320. The number of benzene rings is 1. The molecule has 1 unspecified atom stereocenters. The van der Waals surface area contributed by atoms with Crippen LogP contribution in [0.1, 0.15) is 25.3 Å². The zero-order chi connectivity index (χ0) is 14.6. The highest BCUT2D eigenvalue weighted by Crippen LogP contribution is 2.36. The lowest BCUT2D eigenvalue weighted by Gasteiger charge is -2.39. The molecule has 3 N–H and O–H groups in total. The Kier molecular flexibility index (Phi) is 4.62. The van der Waals surface area contributed by atoms with Gasteiger partial charge in [-0.25, -0.2) is 8.42 Å². The van der Waals surface area contributed by atoms with Crippen molar-refractivity contribution in [2.24, 2.45) is 5.73 Å². The highest BCUT2D eigenvalue weighted by atomic mass is 32.2. The predicted molar refractivity (Wildman–Crippen MR) is 81.3 cm³/mol. The van der Waals surface area contributed by atoms with Gasteiger partial charge in [-0.05, 0) is 37.9 Å². The van der Waals surface area contributed by atoms with E-state index in [1.807, 2.05) is 25.1 Å². The van der Waals surface area contributed by atoms with Crippen molar-refractivity contribution in [1.82, 2.24) is 5.32 Å². The van der Waals surface area contributed by atoms with Gasteiger partial charge in [-0.15, -0.1) is 0 Å². The molecule has 0 spiro atoms. The van der Waals surface area contributed by atoms with Crippen LogP contribution in [0.5, 0.6) is 0 Å². The first-order chi connectivity index (χ1) is 9.56. The van der Waals surface area contributed by atoms with E-state index in [4.69, 9.17) is 5.73 Å². The van der Waals surface area contributed by atoms with Gasteiger partial charge in [0.15, 0.2) is 9.84 Å². The van der Waals surface area contributed by atoms with E-state index in [-0.39, 0.29) is 5.75 Å². The third kappa shape index (κ3) is 2.80. The fraction of sp³-hybridized carbons (Fsp3) is 0.467. The molecule has 5 heteroatoms. The molecule has 1 heterocycles. The number of hydrogen-bond donors (Lipinski definition) is 2. The van der Waals surface area contributed by atoms with Gasteiger partial charge in [0.05, 0.1) is 16.2 Å². The predicted octanol–water partition coefficient (Wildman–Crippen LogP) is 1.57. The summed E-state index contributed by atoms with van der Waals surface area (Å²) in [5, 5.41) is 3.47. The highest BCUT2D eigenvalue weighted by Gasteiger charge is 2.40. The summed E-state index contributed by atoms with van der Waals surface area (Å²) < 4.78 is 24.3. The van der Waals surface area contributed by atoms with E-state index in [2.05, 4.69) is 11.4 Å². The van der Waals surface area contributed by atoms with Crippen molar-refractivity contribution < 1.29 is 8.42 Å². The maximum atomic E-state index is 12.2. The Hall–Kier alpha value is -1.17. The van der Waals surface area contributed by atoms with Crippen LogP contribution < -0.4 is 11.1 Å². The van der Waals surface area contributed by atoms with Gasteiger partial charge in [0.2, 0.25) is 0 Å². The van der Waals surface area contributed by atoms with E-state index in [0.717, 1.165) is 18.5 Å². The summed E-state index contributed by atoms with van der Waals surface area (Å²) in [7, 11) is -3.17. The molecule has 0 saturated carbocycles. The van der Waals surface area contributed by atoms with Gasteiger partial charge < -0.3 is 11.1 Å². The number of allylic oxidation sites excluding steroid dienone is 1. The number of fused-ring (bicyclic) bond motifs is 1. The number of rotatable bonds is 5. The van der Waals surface area contributed by atoms with Gasteiger partial charge in [0.1, 0.15) is 0 Å². The molecule has 1 aliphatic heterocycles. The third-order valence-electron chi connectivity index (χ3n) is 3.89. The van der Waals surface area contributed by atoms with Crippen molar-refractivity contribution in [1.29, 1.82) is 0 Å². The Morgan fingerprint density at radius 1 is 1.40 bits per heavy atom. The van der Waals surface area contributed by atoms with E-state index in [1.165, 1.54) is 0 Å². The number of nitrogens with two attached hydrogens (primary N) is 1. The van der Waals surface area contributed by atoms with Crippen molar-refractivity contribution in [2.75, 3.05) is 18.8 Å². The van der Waals surface area contributed by atoms with Crippen molar-refractivity contribution in [3.05, 3.63) is 42.0 Å². The average Bonchev–Trinajstić information content (AvgIpc) is 2.46. The second-order valence-corrected chi connectivity index (χ2v) is 7.21. The first-order valence-electron chi connectivity index (χ1n) is 6.94. The molecule has 0 aliphatic carbocycles. The molecule has 0 saturated heterocycles. The van der Waals surface area contributed by atoms with Crippen molar-refractivity contribution >= 4 is 9.84 Å². The summed E-state index contributed by atoms with van der Waals surface area (Å²) in [6, 6.07) is 7.20. The first kappa shape index (κ1) is 15.2. The molecule has 20 heavy (non-hydrogen) atoms. The molecule has 2 rings (SSSR count). The highest BCUT2D eigenvalue weighted by molar-refractivity contribution is 7.91. The molecule has 1 aliphatic rings. The first-order valence-corrected chi connectivity index (χ1v) is 8.59. The van der Waals surface area contributed by atoms with Crippen LogP contribution in [-0.4, -0.2) is 27.3 Å². The van der Waals surface area contributed by atoms with Crippen LogP contribution in [0.15, 0.2) is 41.3 Å². The number of hydrogen-bond acceptors (Lipinski definition) is 4. The molecule has 0 amide bonds. The maximum Gasteiger partial charge on any atom is 0.178 e. The molecule has 0 bridgehead atoms. The van der Waals surface area contributed by atoms with Gasteiger partial charge in [0.25, 0.3) is 0 Å². The summed E-state index contributed by atoms with van der Waals surface area (Å²) in [5.74, 6) is 0.151. The largest absolute Gasteiger partial charge is 0.328 e. The lowest BCUT2D eigenvalue weighted by atomic mass is 9.86. The van der Waals surface area contributed by atoms with Gasteiger partial charge >= 0.3 is 0 Å². The van der Waals surface area contributed by atoms with E-state index in [0.29, 0.717) is 17.9 Å². The molecule has 110 valence electrons. The van der Waals surface area contributed by atoms with Crippen molar-refractivity contribution in [3.8, 4) is 0 Å². The van der Waals surface area contributed by atoms with Gasteiger partial charge in [-0.2, -0.15) is 0 Å². The Morgan fingerprint density at radius 2 is 2.15 bits per heavy atom. The lowest BCUT2D eigenvalue weighted by Crippen LogP contribution is -2.52. The van der Waals surface area contributed by atoms with Gasteiger partial charge in [0, 0.05) is 6.54 Å². The Balaban J connectivity index is 2.35.